The van der Waals surface area contributed by atoms with Crippen molar-refractivity contribution >= 4 is 48.9 Å². The third-order valence-electron chi connectivity index (χ3n) is 2.58. The van der Waals surface area contributed by atoms with Gasteiger partial charge in [0.15, 0.2) is 0 Å². The molecule has 0 aliphatic heterocycles. The Morgan fingerprint density at radius 2 is 2.06 bits per heavy atom. The predicted octanol–water partition coefficient (Wildman–Crippen LogP) is 5.04. The lowest BCUT2D eigenvalue weighted by Gasteiger charge is -2.20. The minimum atomic E-state index is 0.889. The molecule has 2 aromatic rings. The fourth-order valence-corrected chi connectivity index (χ4v) is 3.42. The number of alkyl halides is 1. The summed E-state index contributed by atoms with van der Waals surface area (Å²) in [6.45, 7) is 0.940. The van der Waals surface area contributed by atoms with Gasteiger partial charge in [-0.1, -0.05) is 22.0 Å². The van der Waals surface area contributed by atoms with Crippen LogP contribution in [0.25, 0.3) is 0 Å². The lowest BCUT2D eigenvalue weighted by atomic mass is 10.2. The molecule has 0 fully saturated rings. The van der Waals surface area contributed by atoms with Crippen LogP contribution in [-0.2, 0) is 11.9 Å². The monoisotopic (exact) mass is 373 g/mol. The number of benzene rings is 1. The summed E-state index contributed by atoms with van der Waals surface area (Å²) in [6, 6.07) is 8.64. The van der Waals surface area contributed by atoms with E-state index in [1.807, 2.05) is 0 Å². The Labute approximate surface area is 123 Å². The highest BCUT2D eigenvalue weighted by atomic mass is 79.9. The molecule has 0 N–H and O–H groups in total. The van der Waals surface area contributed by atoms with Gasteiger partial charge in [0.2, 0.25) is 0 Å². The SMILES string of the molecule is CN(Cc1ccsc1)c1ccc(CBr)cc1Br. The van der Waals surface area contributed by atoms with Gasteiger partial charge in [-0.2, -0.15) is 11.3 Å². The van der Waals surface area contributed by atoms with Gasteiger partial charge < -0.3 is 4.90 Å². The summed E-state index contributed by atoms with van der Waals surface area (Å²) >= 11 is 8.84. The molecule has 0 aliphatic carbocycles. The quantitative estimate of drug-likeness (QED) is 0.677. The first-order chi connectivity index (χ1) is 8.20. The highest BCUT2D eigenvalue weighted by Gasteiger charge is 2.07. The normalized spacial score (nSPS) is 10.5. The predicted molar refractivity (Wildman–Crippen MR) is 83.2 cm³/mol. The van der Waals surface area contributed by atoms with E-state index in [0.717, 1.165) is 16.3 Å². The maximum atomic E-state index is 3.63. The average Bonchev–Trinajstić information content (AvgIpc) is 2.81. The van der Waals surface area contributed by atoms with Gasteiger partial charge >= 0.3 is 0 Å². The summed E-state index contributed by atoms with van der Waals surface area (Å²) in [5, 5.41) is 5.20. The lowest BCUT2D eigenvalue weighted by Crippen LogP contribution is -2.16. The van der Waals surface area contributed by atoms with E-state index in [9.17, 15) is 0 Å². The second-order valence-electron chi connectivity index (χ2n) is 3.91. The Morgan fingerprint density at radius 3 is 2.65 bits per heavy atom. The van der Waals surface area contributed by atoms with Crippen LogP contribution in [-0.4, -0.2) is 7.05 Å². The molecule has 1 nitrogen and oxygen atoms in total. The molecule has 1 heterocycles. The summed E-state index contributed by atoms with van der Waals surface area (Å²) in [7, 11) is 2.12. The minimum absolute atomic E-state index is 0.889. The van der Waals surface area contributed by atoms with Gasteiger partial charge in [0.05, 0.1) is 5.69 Å². The minimum Gasteiger partial charge on any atom is -0.369 e. The van der Waals surface area contributed by atoms with E-state index in [4.69, 9.17) is 0 Å². The molecule has 0 bridgehead atoms. The molecular formula is C13H13Br2NS. The standard InChI is InChI=1S/C13H13Br2NS/c1-16(8-11-4-5-17-9-11)13-3-2-10(7-14)6-12(13)15/h2-6,9H,7-8H2,1H3. The first-order valence-electron chi connectivity index (χ1n) is 5.27. The molecule has 0 atom stereocenters. The zero-order valence-electron chi connectivity index (χ0n) is 9.49. The van der Waals surface area contributed by atoms with Gasteiger partial charge in [-0.3, -0.25) is 0 Å². The number of hydrogen-bond acceptors (Lipinski definition) is 2. The molecule has 0 unspecified atom stereocenters. The molecule has 2 rings (SSSR count). The summed E-state index contributed by atoms with van der Waals surface area (Å²) in [6.07, 6.45) is 0. The number of rotatable bonds is 4. The second-order valence-corrected chi connectivity index (χ2v) is 6.10. The molecule has 17 heavy (non-hydrogen) atoms. The van der Waals surface area contributed by atoms with Crippen LogP contribution in [0.3, 0.4) is 0 Å². The fourth-order valence-electron chi connectivity index (χ4n) is 1.68. The van der Waals surface area contributed by atoms with Gasteiger partial charge in [-0.05, 0) is 56.0 Å². The Balaban J connectivity index is 2.16. The van der Waals surface area contributed by atoms with E-state index >= 15 is 0 Å². The molecule has 1 aromatic heterocycles. The van der Waals surface area contributed by atoms with Crippen molar-refractivity contribution < 1.29 is 0 Å². The number of hydrogen-bond donors (Lipinski definition) is 0. The van der Waals surface area contributed by atoms with Crippen molar-refractivity contribution in [3.05, 3.63) is 50.6 Å². The van der Waals surface area contributed by atoms with Gasteiger partial charge in [0.1, 0.15) is 0 Å². The van der Waals surface area contributed by atoms with Crippen molar-refractivity contribution in [1.29, 1.82) is 0 Å². The van der Waals surface area contributed by atoms with E-state index in [1.165, 1.54) is 16.8 Å². The average molecular weight is 375 g/mol. The zero-order chi connectivity index (χ0) is 12.3. The van der Waals surface area contributed by atoms with Crippen LogP contribution in [0.2, 0.25) is 0 Å². The lowest BCUT2D eigenvalue weighted by molar-refractivity contribution is 0.924. The maximum Gasteiger partial charge on any atom is 0.0511 e. The summed E-state index contributed by atoms with van der Waals surface area (Å²) in [5.41, 5.74) is 3.86. The van der Waals surface area contributed by atoms with Crippen LogP contribution in [0.15, 0.2) is 39.5 Å². The fraction of sp³-hybridized carbons (Fsp3) is 0.231. The topological polar surface area (TPSA) is 3.24 Å². The van der Waals surface area contributed by atoms with Crippen molar-refractivity contribution in [2.45, 2.75) is 11.9 Å². The van der Waals surface area contributed by atoms with Crippen LogP contribution in [0, 0.1) is 0 Å². The number of thiophene rings is 1. The molecule has 0 saturated heterocycles. The van der Waals surface area contributed by atoms with E-state index in [0.29, 0.717) is 0 Å². The first kappa shape index (κ1) is 13.1. The molecule has 90 valence electrons. The number of anilines is 1. The van der Waals surface area contributed by atoms with Crippen molar-refractivity contribution in [2.24, 2.45) is 0 Å². The third kappa shape index (κ3) is 3.33. The summed E-state index contributed by atoms with van der Waals surface area (Å²) < 4.78 is 1.15. The largest absolute Gasteiger partial charge is 0.369 e. The van der Waals surface area contributed by atoms with Crippen LogP contribution < -0.4 is 4.90 Å². The summed E-state index contributed by atoms with van der Waals surface area (Å²) in [4.78, 5) is 2.25. The molecule has 4 heteroatoms. The van der Waals surface area contributed by atoms with Crippen LogP contribution in [0.4, 0.5) is 5.69 Å². The highest BCUT2D eigenvalue weighted by molar-refractivity contribution is 9.10. The van der Waals surface area contributed by atoms with Crippen LogP contribution >= 0.6 is 43.2 Å². The second kappa shape index (κ2) is 6.03. The van der Waals surface area contributed by atoms with E-state index in [-0.39, 0.29) is 0 Å². The highest BCUT2D eigenvalue weighted by Crippen LogP contribution is 2.28. The van der Waals surface area contributed by atoms with Crippen molar-refractivity contribution in [3.8, 4) is 0 Å². The van der Waals surface area contributed by atoms with Gasteiger partial charge in [0, 0.05) is 23.4 Å². The maximum absolute atomic E-state index is 3.63. The molecule has 0 aliphatic rings. The molecular weight excluding hydrogens is 362 g/mol. The van der Waals surface area contributed by atoms with Crippen LogP contribution in [0.5, 0.6) is 0 Å². The summed E-state index contributed by atoms with van der Waals surface area (Å²) in [5.74, 6) is 0. The number of halogens is 2. The number of nitrogens with zero attached hydrogens (tertiary/aromatic N) is 1. The smallest absolute Gasteiger partial charge is 0.0511 e. The van der Waals surface area contributed by atoms with Crippen molar-refractivity contribution in [2.75, 3.05) is 11.9 Å². The van der Waals surface area contributed by atoms with Gasteiger partial charge in [-0.15, -0.1) is 0 Å². The van der Waals surface area contributed by atoms with Gasteiger partial charge in [-0.25, -0.2) is 0 Å². The van der Waals surface area contributed by atoms with Crippen molar-refractivity contribution in [1.82, 2.24) is 0 Å². The van der Waals surface area contributed by atoms with Gasteiger partial charge in [0.25, 0.3) is 0 Å². The molecule has 0 radical (unpaired) electrons. The van der Waals surface area contributed by atoms with Crippen LogP contribution in [0.1, 0.15) is 11.1 Å². The zero-order valence-corrected chi connectivity index (χ0v) is 13.5. The van der Waals surface area contributed by atoms with E-state index < -0.39 is 0 Å². The molecule has 0 amide bonds. The van der Waals surface area contributed by atoms with E-state index in [1.54, 1.807) is 11.3 Å². The molecule has 0 spiro atoms. The molecule has 0 saturated carbocycles. The Bertz CT molecular complexity index is 482. The first-order valence-corrected chi connectivity index (χ1v) is 8.13. The van der Waals surface area contributed by atoms with Crippen molar-refractivity contribution in [3.63, 3.8) is 0 Å². The Morgan fingerprint density at radius 1 is 1.24 bits per heavy atom. The molecule has 1 aromatic carbocycles. The van der Waals surface area contributed by atoms with E-state index in [2.05, 4.69) is 78.8 Å². The Hall–Kier alpha value is -0.320. The Kier molecular flexibility index (Phi) is 4.65. The third-order valence-corrected chi connectivity index (χ3v) is 4.59.